The summed E-state index contributed by atoms with van der Waals surface area (Å²) in [6, 6.07) is 8.89. The molecule has 0 atom stereocenters. The number of nitrogens with one attached hydrogen (secondary N) is 2. The minimum Gasteiger partial charge on any atom is -0.494 e. The highest BCUT2D eigenvalue weighted by molar-refractivity contribution is 6.03. The van der Waals surface area contributed by atoms with Gasteiger partial charge in [-0.15, -0.1) is 0 Å². The molecule has 0 aliphatic heterocycles. The van der Waals surface area contributed by atoms with Crippen LogP contribution in [0, 0.1) is 5.92 Å². The van der Waals surface area contributed by atoms with Crippen LogP contribution in [0.2, 0.25) is 0 Å². The fraction of sp³-hybridized carbons (Fsp3) is 0.389. The lowest BCUT2D eigenvalue weighted by Crippen LogP contribution is -2.15. The normalized spacial score (nSPS) is 10.5. The van der Waals surface area contributed by atoms with Crippen LogP contribution in [-0.4, -0.2) is 29.0 Å². The molecule has 0 aliphatic carbocycles. The van der Waals surface area contributed by atoms with Crippen molar-refractivity contribution in [2.75, 3.05) is 23.8 Å². The van der Waals surface area contributed by atoms with Crippen molar-refractivity contribution in [3.63, 3.8) is 0 Å². The van der Waals surface area contributed by atoms with Gasteiger partial charge in [-0.3, -0.25) is 4.79 Å². The van der Waals surface area contributed by atoms with Gasteiger partial charge >= 0.3 is 0 Å². The maximum Gasteiger partial charge on any atom is 0.274 e. The van der Waals surface area contributed by atoms with Gasteiger partial charge in [0.2, 0.25) is 0 Å². The van der Waals surface area contributed by atoms with E-state index in [1.165, 1.54) is 6.33 Å². The van der Waals surface area contributed by atoms with Gasteiger partial charge in [0.05, 0.1) is 6.61 Å². The second-order valence-corrected chi connectivity index (χ2v) is 5.81. The molecule has 2 aromatic rings. The van der Waals surface area contributed by atoms with E-state index >= 15 is 0 Å². The smallest absolute Gasteiger partial charge is 0.274 e. The average Bonchev–Trinajstić information content (AvgIpc) is 2.57. The monoisotopic (exact) mass is 328 g/mol. The lowest BCUT2D eigenvalue weighted by molar-refractivity contribution is 0.102. The van der Waals surface area contributed by atoms with E-state index in [-0.39, 0.29) is 5.91 Å². The number of carbonyl (C=O) groups excluding carboxylic acids is 1. The summed E-state index contributed by atoms with van der Waals surface area (Å²) in [6.45, 7) is 7.68. The Morgan fingerprint density at radius 2 is 1.96 bits per heavy atom. The number of hydrogen-bond donors (Lipinski definition) is 2. The van der Waals surface area contributed by atoms with E-state index in [2.05, 4.69) is 34.4 Å². The number of ether oxygens (including phenoxy) is 1. The van der Waals surface area contributed by atoms with E-state index in [9.17, 15) is 4.79 Å². The molecule has 1 amide bonds. The van der Waals surface area contributed by atoms with Gasteiger partial charge in [-0.2, -0.15) is 0 Å². The molecule has 0 spiro atoms. The zero-order valence-corrected chi connectivity index (χ0v) is 14.4. The Kier molecular flexibility index (Phi) is 6.54. The molecule has 0 saturated heterocycles. The molecule has 0 aliphatic rings. The number of amides is 1. The minimum absolute atomic E-state index is 0.270. The number of nitrogens with zero attached hydrogens (tertiary/aromatic N) is 2. The van der Waals surface area contributed by atoms with Crippen LogP contribution in [0.15, 0.2) is 36.7 Å². The van der Waals surface area contributed by atoms with Crippen LogP contribution in [0.25, 0.3) is 0 Å². The van der Waals surface area contributed by atoms with Crippen LogP contribution < -0.4 is 15.4 Å². The third-order valence-corrected chi connectivity index (χ3v) is 3.35. The molecule has 1 aromatic heterocycles. The summed E-state index contributed by atoms with van der Waals surface area (Å²) in [5, 5.41) is 6.03. The van der Waals surface area contributed by atoms with Gasteiger partial charge in [-0.25, -0.2) is 9.97 Å². The first-order valence-electron chi connectivity index (χ1n) is 8.18. The first-order valence-corrected chi connectivity index (χ1v) is 8.18. The number of benzene rings is 1. The Hall–Kier alpha value is -2.63. The molecule has 0 radical (unpaired) electrons. The van der Waals surface area contributed by atoms with Gasteiger partial charge in [-0.05, 0) is 43.5 Å². The van der Waals surface area contributed by atoms with E-state index in [0.29, 0.717) is 29.7 Å². The lowest BCUT2D eigenvalue weighted by atomic mass is 10.1. The van der Waals surface area contributed by atoms with Gasteiger partial charge in [0.1, 0.15) is 23.6 Å². The first-order chi connectivity index (χ1) is 11.6. The molecule has 0 unspecified atom stereocenters. The summed E-state index contributed by atoms with van der Waals surface area (Å²) in [7, 11) is 0. The third kappa shape index (κ3) is 5.53. The van der Waals surface area contributed by atoms with Crippen molar-refractivity contribution in [3.05, 3.63) is 42.4 Å². The topological polar surface area (TPSA) is 76.1 Å². The molecule has 128 valence electrons. The highest BCUT2D eigenvalue weighted by atomic mass is 16.5. The Bertz CT molecular complexity index is 656. The lowest BCUT2D eigenvalue weighted by Gasteiger charge is -2.09. The Morgan fingerprint density at radius 1 is 1.21 bits per heavy atom. The van der Waals surface area contributed by atoms with Crippen molar-refractivity contribution in [1.29, 1.82) is 0 Å². The number of rotatable bonds is 8. The molecular weight excluding hydrogens is 304 g/mol. The number of hydrogen-bond acceptors (Lipinski definition) is 5. The third-order valence-electron chi connectivity index (χ3n) is 3.35. The Morgan fingerprint density at radius 3 is 2.62 bits per heavy atom. The van der Waals surface area contributed by atoms with Crippen molar-refractivity contribution < 1.29 is 9.53 Å². The van der Waals surface area contributed by atoms with Crippen LogP contribution in [0.5, 0.6) is 5.75 Å². The van der Waals surface area contributed by atoms with Gasteiger partial charge in [0.15, 0.2) is 0 Å². The molecule has 1 aromatic carbocycles. The predicted molar refractivity (Wildman–Crippen MR) is 95.5 cm³/mol. The van der Waals surface area contributed by atoms with E-state index in [1.54, 1.807) is 18.2 Å². The fourth-order valence-electron chi connectivity index (χ4n) is 2.06. The summed E-state index contributed by atoms with van der Waals surface area (Å²) in [6.07, 6.45) is 2.43. The quantitative estimate of drug-likeness (QED) is 0.774. The van der Waals surface area contributed by atoms with Gasteiger partial charge in [0.25, 0.3) is 5.91 Å². The molecule has 6 heteroatoms. The SMILES string of the molecule is CCOc1ccc(NC(=O)c2cc(NCCC(C)C)ncn2)cc1. The van der Waals surface area contributed by atoms with Crippen LogP contribution in [-0.2, 0) is 0 Å². The first kappa shape index (κ1) is 17.7. The molecule has 2 N–H and O–H groups in total. The summed E-state index contributed by atoms with van der Waals surface area (Å²) in [4.78, 5) is 20.5. The summed E-state index contributed by atoms with van der Waals surface area (Å²) >= 11 is 0. The van der Waals surface area contributed by atoms with E-state index in [4.69, 9.17) is 4.74 Å². The molecule has 2 rings (SSSR count). The Labute approximate surface area is 142 Å². The van der Waals surface area contributed by atoms with Crippen molar-refractivity contribution in [3.8, 4) is 5.75 Å². The predicted octanol–water partition coefficient (Wildman–Crippen LogP) is 3.59. The maximum atomic E-state index is 12.3. The van der Waals surface area contributed by atoms with Crippen LogP contribution >= 0.6 is 0 Å². The maximum absolute atomic E-state index is 12.3. The minimum atomic E-state index is -0.270. The molecule has 6 nitrogen and oxygen atoms in total. The van der Waals surface area contributed by atoms with E-state index < -0.39 is 0 Å². The molecule has 24 heavy (non-hydrogen) atoms. The standard InChI is InChI=1S/C18H24N4O2/c1-4-24-15-7-5-14(6-8-15)22-18(23)16-11-17(21-12-20-16)19-10-9-13(2)3/h5-8,11-13H,4,9-10H2,1-3H3,(H,22,23)(H,19,20,21). The zero-order valence-electron chi connectivity index (χ0n) is 14.4. The van der Waals surface area contributed by atoms with E-state index in [0.717, 1.165) is 18.7 Å². The molecule has 0 saturated carbocycles. The van der Waals surface area contributed by atoms with Gasteiger partial charge in [0, 0.05) is 18.3 Å². The van der Waals surface area contributed by atoms with Crippen molar-refractivity contribution in [1.82, 2.24) is 9.97 Å². The largest absolute Gasteiger partial charge is 0.494 e. The number of aromatic nitrogens is 2. The summed E-state index contributed by atoms with van der Waals surface area (Å²) < 4.78 is 5.38. The molecule has 0 bridgehead atoms. The second-order valence-electron chi connectivity index (χ2n) is 5.81. The molecule has 0 fully saturated rings. The van der Waals surface area contributed by atoms with E-state index in [1.807, 2.05) is 19.1 Å². The van der Waals surface area contributed by atoms with Crippen molar-refractivity contribution >= 4 is 17.4 Å². The van der Waals surface area contributed by atoms with Gasteiger partial charge < -0.3 is 15.4 Å². The fourth-order valence-corrected chi connectivity index (χ4v) is 2.06. The highest BCUT2D eigenvalue weighted by Crippen LogP contribution is 2.16. The average molecular weight is 328 g/mol. The molecular formula is C18H24N4O2. The van der Waals surface area contributed by atoms with Crippen molar-refractivity contribution in [2.24, 2.45) is 5.92 Å². The van der Waals surface area contributed by atoms with Crippen LogP contribution in [0.1, 0.15) is 37.7 Å². The molecule has 1 heterocycles. The number of anilines is 2. The Balaban J connectivity index is 1.96. The van der Waals surface area contributed by atoms with Gasteiger partial charge in [-0.1, -0.05) is 13.8 Å². The number of carbonyl (C=O) groups is 1. The summed E-state index contributed by atoms with van der Waals surface area (Å²) in [5.41, 5.74) is 1.02. The van der Waals surface area contributed by atoms with Crippen molar-refractivity contribution in [2.45, 2.75) is 27.2 Å². The second kappa shape index (κ2) is 8.86. The summed E-state index contributed by atoms with van der Waals surface area (Å²) in [5.74, 6) is 1.77. The highest BCUT2D eigenvalue weighted by Gasteiger charge is 2.09. The van der Waals surface area contributed by atoms with Crippen LogP contribution in [0.4, 0.5) is 11.5 Å². The van der Waals surface area contributed by atoms with Crippen LogP contribution in [0.3, 0.4) is 0 Å². The zero-order chi connectivity index (χ0) is 17.4.